The molecule has 0 amide bonds. The van der Waals surface area contributed by atoms with E-state index in [9.17, 15) is 15.0 Å². The topological polar surface area (TPSA) is 57.5 Å². The minimum absolute atomic E-state index is 0.245. The molecule has 2 atom stereocenters. The summed E-state index contributed by atoms with van der Waals surface area (Å²) in [6, 6.07) is 25.0. The van der Waals surface area contributed by atoms with Gasteiger partial charge in [0.15, 0.2) is 5.78 Å². The fourth-order valence-corrected chi connectivity index (χ4v) is 4.27. The Labute approximate surface area is 180 Å². The first kappa shape index (κ1) is 21.6. The van der Waals surface area contributed by atoms with Crippen molar-refractivity contribution in [2.75, 3.05) is 12.4 Å². The van der Waals surface area contributed by atoms with E-state index in [1.165, 1.54) is 0 Å². The summed E-state index contributed by atoms with van der Waals surface area (Å²) in [5.41, 5.74) is 2.83. The molecule has 0 aliphatic heterocycles. The van der Waals surface area contributed by atoms with Crippen LogP contribution in [0, 0.1) is 5.92 Å². The van der Waals surface area contributed by atoms with Gasteiger partial charge in [0.1, 0.15) is 6.61 Å². The second-order valence-corrected chi connectivity index (χ2v) is 8.36. The maximum absolute atomic E-state index is 12.2. The van der Waals surface area contributed by atoms with Crippen molar-refractivity contribution in [3.8, 4) is 11.1 Å². The van der Waals surface area contributed by atoms with Crippen molar-refractivity contribution in [1.82, 2.24) is 0 Å². The molecule has 0 saturated heterocycles. The van der Waals surface area contributed by atoms with E-state index in [0.29, 0.717) is 10.8 Å². The smallest absolute Gasteiger partial charge is 0.162 e. The molecule has 0 aliphatic rings. The lowest BCUT2D eigenvalue weighted by molar-refractivity contribution is -0.125. The summed E-state index contributed by atoms with van der Waals surface area (Å²) in [6.07, 6.45) is -0.495. The van der Waals surface area contributed by atoms with Gasteiger partial charge in [-0.15, -0.1) is 11.8 Å². The van der Waals surface area contributed by atoms with Gasteiger partial charge in [-0.05, 0) is 47.4 Å². The summed E-state index contributed by atoms with van der Waals surface area (Å²) in [5.74, 6) is -0.148. The van der Waals surface area contributed by atoms with Gasteiger partial charge in [0.05, 0.1) is 6.10 Å². The molecule has 3 nitrogen and oxygen atoms in total. The predicted molar refractivity (Wildman–Crippen MR) is 119 cm³/mol. The first-order chi connectivity index (χ1) is 14.1. The Kier molecular flexibility index (Phi) is 7.90. The lowest BCUT2D eigenvalue weighted by Crippen LogP contribution is -2.23. The van der Waals surface area contributed by atoms with Crippen molar-refractivity contribution >= 4 is 29.1 Å². The predicted octanol–water partition coefficient (Wildman–Crippen LogP) is 5.40. The van der Waals surface area contributed by atoms with Crippen LogP contribution in [-0.4, -0.2) is 28.4 Å². The number of aliphatic hydroxyl groups is 2. The summed E-state index contributed by atoms with van der Waals surface area (Å²) >= 11 is 7.49. The van der Waals surface area contributed by atoms with Gasteiger partial charge in [0.25, 0.3) is 0 Å². The van der Waals surface area contributed by atoms with Crippen LogP contribution >= 0.6 is 23.4 Å². The Bertz CT molecular complexity index is 911. The SMILES string of the molecule is O=C(CO)[C@@H](CSc1ccccc1)C[C@@H](O)c1ccc(-c2ccc(Cl)cc2)cc1. The minimum Gasteiger partial charge on any atom is -0.389 e. The third-order valence-electron chi connectivity index (χ3n) is 4.79. The first-order valence-corrected chi connectivity index (χ1v) is 10.8. The zero-order valence-electron chi connectivity index (χ0n) is 15.9. The molecule has 0 aliphatic carbocycles. The van der Waals surface area contributed by atoms with E-state index in [1.54, 1.807) is 11.8 Å². The summed E-state index contributed by atoms with van der Waals surface area (Å²) in [4.78, 5) is 13.2. The molecule has 0 saturated carbocycles. The molecular weight excluding hydrogens is 404 g/mol. The molecule has 3 aromatic carbocycles. The van der Waals surface area contributed by atoms with Crippen molar-refractivity contribution in [3.05, 3.63) is 89.4 Å². The number of carbonyl (C=O) groups is 1. The fourth-order valence-electron chi connectivity index (χ4n) is 3.08. The number of halogens is 1. The number of hydrogen-bond donors (Lipinski definition) is 2. The quantitative estimate of drug-likeness (QED) is 0.450. The van der Waals surface area contributed by atoms with Gasteiger partial charge >= 0.3 is 0 Å². The number of thioether (sulfide) groups is 1. The monoisotopic (exact) mass is 426 g/mol. The highest BCUT2D eigenvalue weighted by atomic mass is 35.5. The summed E-state index contributed by atoms with van der Waals surface area (Å²) in [6.45, 7) is -0.512. The Morgan fingerprint density at radius 2 is 1.48 bits per heavy atom. The molecule has 5 heteroatoms. The molecule has 150 valence electrons. The lowest BCUT2D eigenvalue weighted by Gasteiger charge is -2.19. The molecule has 3 aromatic rings. The second-order valence-electron chi connectivity index (χ2n) is 6.83. The number of rotatable bonds is 9. The molecule has 3 rings (SSSR count). The Morgan fingerprint density at radius 1 is 0.897 bits per heavy atom. The van der Waals surface area contributed by atoms with Gasteiger partial charge in [-0.1, -0.05) is 66.2 Å². The van der Waals surface area contributed by atoms with Gasteiger partial charge in [0.2, 0.25) is 0 Å². The molecule has 29 heavy (non-hydrogen) atoms. The van der Waals surface area contributed by atoms with Crippen molar-refractivity contribution in [2.45, 2.75) is 17.4 Å². The normalized spacial score (nSPS) is 13.1. The highest BCUT2D eigenvalue weighted by molar-refractivity contribution is 7.99. The van der Waals surface area contributed by atoms with Crippen LogP contribution < -0.4 is 0 Å². The Morgan fingerprint density at radius 3 is 2.07 bits per heavy atom. The van der Waals surface area contributed by atoms with Gasteiger partial charge in [0, 0.05) is 21.6 Å². The maximum atomic E-state index is 12.2. The second kappa shape index (κ2) is 10.6. The van der Waals surface area contributed by atoms with E-state index >= 15 is 0 Å². The number of ketones is 1. The Balaban J connectivity index is 1.66. The van der Waals surface area contributed by atoms with Crippen LogP contribution in [0.25, 0.3) is 11.1 Å². The van der Waals surface area contributed by atoms with E-state index in [2.05, 4.69) is 0 Å². The molecule has 0 unspecified atom stereocenters. The minimum atomic E-state index is -0.772. The molecule has 0 heterocycles. The first-order valence-electron chi connectivity index (χ1n) is 9.42. The third-order valence-corrected chi connectivity index (χ3v) is 6.21. The van der Waals surface area contributed by atoms with Crippen LogP contribution in [0.3, 0.4) is 0 Å². The van der Waals surface area contributed by atoms with Crippen molar-refractivity contribution in [1.29, 1.82) is 0 Å². The lowest BCUT2D eigenvalue weighted by atomic mass is 9.94. The van der Waals surface area contributed by atoms with E-state index in [-0.39, 0.29) is 12.2 Å². The summed E-state index contributed by atoms with van der Waals surface area (Å²) in [5, 5.41) is 20.7. The zero-order valence-corrected chi connectivity index (χ0v) is 17.4. The average molecular weight is 427 g/mol. The average Bonchev–Trinajstić information content (AvgIpc) is 2.77. The van der Waals surface area contributed by atoms with Crippen molar-refractivity contribution < 1.29 is 15.0 Å². The standard InChI is InChI=1S/C24H23ClO3S/c25-21-12-10-18(11-13-21)17-6-8-19(9-7-17)23(27)14-20(24(28)15-26)16-29-22-4-2-1-3-5-22/h1-13,20,23,26-27H,14-16H2/t20-,23-/m1/s1. The van der Waals surface area contributed by atoms with E-state index in [0.717, 1.165) is 21.6 Å². The highest BCUT2D eigenvalue weighted by Gasteiger charge is 2.22. The highest BCUT2D eigenvalue weighted by Crippen LogP contribution is 2.29. The van der Waals surface area contributed by atoms with Crippen LogP contribution in [0.1, 0.15) is 18.1 Å². The van der Waals surface area contributed by atoms with Crippen LogP contribution in [-0.2, 0) is 4.79 Å². The van der Waals surface area contributed by atoms with Gasteiger partial charge in [-0.2, -0.15) is 0 Å². The van der Waals surface area contributed by atoms with Crippen LogP contribution in [0.4, 0.5) is 0 Å². The van der Waals surface area contributed by atoms with E-state index in [4.69, 9.17) is 11.6 Å². The number of hydrogen-bond acceptors (Lipinski definition) is 4. The fraction of sp³-hybridized carbons (Fsp3) is 0.208. The van der Waals surface area contributed by atoms with Crippen LogP contribution in [0.5, 0.6) is 0 Å². The Hall–Kier alpha value is -2.11. The summed E-state index contributed by atoms with van der Waals surface area (Å²) < 4.78 is 0. The maximum Gasteiger partial charge on any atom is 0.162 e. The molecule has 0 bridgehead atoms. The molecule has 0 radical (unpaired) electrons. The third kappa shape index (κ3) is 6.18. The van der Waals surface area contributed by atoms with Gasteiger partial charge in [-0.25, -0.2) is 0 Å². The molecular formula is C24H23ClO3S. The van der Waals surface area contributed by atoms with Crippen LogP contribution in [0.2, 0.25) is 5.02 Å². The molecule has 2 N–H and O–H groups in total. The van der Waals surface area contributed by atoms with Crippen LogP contribution in [0.15, 0.2) is 83.8 Å². The summed E-state index contributed by atoms with van der Waals surface area (Å²) in [7, 11) is 0. The zero-order chi connectivity index (χ0) is 20.6. The number of aliphatic hydroxyl groups excluding tert-OH is 2. The van der Waals surface area contributed by atoms with E-state index < -0.39 is 18.6 Å². The van der Waals surface area contributed by atoms with Gasteiger partial charge < -0.3 is 10.2 Å². The van der Waals surface area contributed by atoms with Crippen molar-refractivity contribution in [3.63, 3.8) is 0 Å². The number of Topliss-reactive ketones (excluding diaryl/α,β-unsaturated/α-hetero) is 1. The number of carbonyl (C=O) groups excluding carboxylic acids is 1. The van der Waals surface area contributed by atoms with Gasteiger partial charge in [-0.3, -0.25) is 4.79 Å². The van der Waals surface area contributed by atoms with Crippen molar-refractivity contribution in [2.24, 2.45) is 5.92 Å². The molecule has 0 aromatic heterocycles. The molecule has 0 fully saturated rings. The molecule has 0 spiro atoms. The largest absolute Gasteiger partial charge is 0.389 e. The number of benzene rings is 3. The van der Waals surface area contributed by atoms with E-state index in [1.807, 2.05) is 78.9 Å².